The standard InChI is InChI=1S/C18H27N3O4/c22-18(20-5-6-21-7-11-24-12-8-21)16-1-4-19-17(13-16)25-14-15-2-9-23-10-3-15/h1,4,13,15H,2-3,5-12,14H2,(H,20,22). The molecule has 0 atom stereocenters. The molecular formula is C18H27N3O4. The van der Waals surface area contributed by atoms with Gasteiger partial charge in [-0.25, -0.2) is 4.98 Å². The minimum Gasteiger partial charge on any atom is -0.477 e. The number of carbonyl (C=O) groups excluding carboxylic acids is 1. The first-order chi connectivity index (χ1) is 12.3. The number of hydrogen-bond donors (Lipinski definition) is 1. The van der Waals surface area contributed by atoms with Crippen molar-refractivity contribution >= 4 is 5.91 Å². The second-order valence-corrected chi connectivity index (χ2v) is 6.46. The summed E-state index contributed by atoms with van der Waals surface area (Å²) >= 11 is 0. The molecule has 2 aliphatic heterocycles. The first-order valence-electron chi connectivity index (χ1n) is 9.06. The molecule has 0 radical (unpaired) electrons. The molecule has 0 aliphatic carbocycles. The molecule has 7 nitrogen and oxygen atoms in total. The van der Waals surface area contributed by atoms with Gasteiger partial charge >= 0.3 is 0 Å². The molecule has 0 saturated carbocycles. The third-order valence-corrected chi connectivity index (χ3v) is 4.62. The van der Waals surface area contributed by atoms with Crippen LogP contribution in [0.5, 0.6) is 5.88 Å². The van der Waals surface area contributed by atoms with Crippen LogP contribution in [0.3, 0.4) is 0 Å². The van der Waals surface area contributed by atoms with Gasteiger partial charge in [-0.2, -0.15) is 0 Å². The molecule has 1 amide bonds. The van der Waals surface area contributed by atoms with Gasteiger partial charge in [-0.15, -0.1) is 0 Å². The third kappa shape index (κ3) is 5.95. The van der Waals surface area contributed by atoms with Crippen molar-refractivity contribution in [1.82, 2.24) is 15.2 Å². The van der Waals surface area contributed by atoms with E-state index in [0.29, 0.717) is 30.5 Å². The molecule has 138 valence electrons. The Morgan fingerprint density at radius 2 is 2.00 bits per heavy atom. The molecule has 1 aromatic rings. The normalized spacial score (nSPS) is 19.5. The fraction of sp³-hybridized carbons (Fsp3) is 0.667. The summed E-state index contributed by atoms with van der Waals surface area (Å²) in [5.74, 6) is 0.917. The number of morpholine rings is 1. The zero-order valence-corrected chi connectivity index (χ0v) is 14.6. The summed E-state index contributed by atoms with van der Waals surface area (Å²) in [7, 11) is 0. The van der Waals surface area contributed by atoms with Crippen molar-refractivity contribution in [2.75, 3.05) is 59.2 Å². The van der Waals surface area contributed by atoms with Crippen LogP contribution >= 0.6 is 0 Å². The molecule has 1 N–H and O–H groups in total. The van der Waals surface area contributed by atoms with Crippen LogP contribution in [0.4, 0.5) is 0 Å². The average molecular weight is 349 g/mol. The van der Waals surface area contributed by atoms with E-state index in [0.717, 1.165) is 58.9 Å². The molecule has 0 aromatic carbocycles. The number of aromatic nitrogens is 1. The largest absolute Gasteiger partial charge is 0.477 e. The van der Waals surface area contributed by atoms with Crippen LogP contribution in [0.2, 0.25) is 0 Å². The highest BCUT2D eigenvalue weighted by molar-refractivity contribution is 5.94. The van der Waals surface area contributed by atoms with Crippen LogP contribution in [-0.2, 0) is 9.47 Å². The lowest BCUT2D eigenvalue weighted by atomic mass is 10.0. The lowest BCUT2D eigenvalue weighted by Gasteiger charge is -2.26. The molecule has 3 heterocycles. The minimum absolute atomic E-state index is 0.0911. The number of nitrogens with one attached hydrogen (secondary N) is 1. The van der Waals surface area contributed by atoms with Gasteiger partial charge in [0, 0.05) is 57.2 Å². The lowest BCUT2D eigenvalue weighted by molar-refractivity contribution is 0.0383. The fourth-order valence-electron chi connectivity index (χ4n) is 3.00. The molecule has 2 saturated heterocycles. The van der Waals surface area contributed by atoms with E-state index in [-0.39, 0.29) is 5.91 Å². The number of ether oxygens (including phenoxy) is 3. The molecule has 1 aromatic heterocycles. The Hall–Kier alpha value is -1.70. The highest BCUT2D eigenvalue weighted by Crippen LogP contribution is 2.17. The van der Waals surface area contributed by atoms with Gasteiger partial charge in [0.1, 0.15) is 0 Å². The maximum Gasteiger partial charge on any atom is 0.251 e. The molecule has 3 rings (SSSR count). The van der Waals surface area contributed by atoms with Crippen LogP contribution in [0, 0.1) is 5.92 Å². The number of nitrogens with zero attached hydrogens (tertiary/aromatic N) is 2. The summed E-state index contributed by atoms with van der Waals surface area (Å²) in [6.45, 7) is 7.08. The van der Waals surface area contributed by atoms with Crippen molar-refractivity contribution in [2.45, 2.75) is 12.8 Å². The summed E-state index contributed by atoms with van der Waals surface area (Å²) in [6, 6.07) is 3.43. The number of pyridine rings is 1. The van der Waals surface area contributed by atoms with Gasteiger partial charge in [-0.05, 0) is 24.8 Å². The van der Waals surface area contributed by atoms with Crippen LogP contribution in [0.15, 0.2) is 18.3 Å². The van der Waals surface area contributed by atoms with Crippen LogP contribution in [0.25, 0.3) is 0 Å². The first kappa shape index (κ1) is 18.1. The quantitative estimate of drug-likeness (QED) is 0.790. The second-order valence-electron chi connectivity index (χ2n) is 6.46. The van der Waals surface area contributed by atoms with Crippen molar-refractivity contribution in [3.8, 4) is 5.88 Å². The Morgan fingerprint density at radius 1 is 1.24 bits per heavy atom. The first-order valence-corrected chi connectivity index (χ1v) is 9.06. The maximum absolute atomic E-state index is 12.3. The zero-order chi connectivity index (χ0) is 17.3. The highest BCUT2D eigenvalue weighted by atomic mass is 16.5. The van der Waals surface area contributed by atoms with Crippen LogP contribution < -0.4 is 10.1 Å². The lowest BCUT2D eigenvalue weighted by Crippen LogP contribution is -2.41. The van der Waals surface area contributed by atoms with E-state index in [9.17, 15) is 4.79 Å². The summed E-state index contributed by atoms with van der Waals surface area (Å²) in [5.41, 5.74) is 0.582. The second kappa shape index (κ2) is 9.70. The van der Waals surface area contributed by atoms with E-state index in [2.05, 4.69) is 15.2 Å². The summed E-state index contributed by atoms with van der Waals surface area (Å²) in [6.07, 6.45) is 3.65. The van der Waals surface area contributed by atoms with Crippen molar-refractivity contribution in [2.24, 2.45) is 5.92 Å². The molecule has 7 heteroatoms. The van der Waals surface area contributed by atoms with Gasteiger partial charge in [0.2, 0.25) is 5.88 Å². The molecular weight excluding hydrogens is 322 g/mol. The van der Waals surface area contributed by atoms with E-state index in [1.54, 1.807) is 18.3 Å². The van der Waals surface area contributed by atoms with Crippen molar-refractivity contribution in [3.63, 3.8) is 0 Å². The highest BCUT2D eigenvalue weighted by Gasteiger charge is 2.15. The van der Waals surface area contributed by atoms with Gasteiger partial charge in [0.15, 0.2) is 0 Å². The average Bonchev–Trinajstić information content (AvgIpc) is 2.68. The molecule has 0 bridgehead atoms. The van der Waals surface area contributed by atoms with Crippen molar-refractivity contribution in [3.05, 3.63) is 23.9 Å². The van der Waals surface area contributed by atoms with Gasteiger partial charge in [0.05, 0.1) is 19.8 Å². The molecule has 25 heavy (non-hydrogen) atoms. The maximum atomic E-state index is 12.3. The Bertz CT molecular complexity index is 543. The Kier molecular flexibility index (Phi) is 7.02. The molecule has 2 fully saturated rings. The summed E-state index contributed by atoms with van der Waals surface area (Å²) in [5, 5.41) is 2.96. The summed E-state index contributed by atoms with van der Waals surface area (Å²) in [4.78, 5) is 18.8. The van der Waals surface area contributed by atoms with Gasteiger partial charge in [-0.1, -0.05) is 0 Å². The zero-order valence-electron chi connectivity index (χ0n) is 14.6. The monoisotopic (exact) mass is 349 g/mol. The fourth-order valence-corrected chi connectivity index (χ4v) is 3.00. The van der Waals surface area contributed by atoms with E-state index in [1.165, 1.54) is 0 Å². The SMILES string of the molecule is O=C(NCCN1CCOCC1)c1ccnc(OCC2CCOCC2)c1. The summed E-state index contributed by atoms with van der Waals surface area (Å²) < 4.78 is 16.4. The number of rotatable bonds is 7. The predicted octanol–water partition coefficient (Wildman–Crippen LogP) is 0.949. The van der Waals surface area contributed by atoms with Gasteiger partial charge < -0.3 is 19.5 Å². The van der Waals surface area contributed by atoms with E-state index in [4.69, 9.17) is 14.2 Å². The van der Waals surface area contributed by atoms with E-state index in [1.807, 2.05) is 0 Å². The molecule has 2 aliphatic rings. The smallest absolute Gasteiger partial charge is 0.251 e. The van der Waals surface area contributed by atoms with Crippen molar-refractivity contribution < 1.29 is 19.0 Å². The predicted molar refractivity (Wildman–Crippen MR) is 92.9 cm³/mol. The minimum atomic E-state index is -0.0911. The molecule has 0 spiro atoms. The van der Waals surface area contributed by atoms with E-state index < -0.39 is 0 Å². The number of hydrogen-bond acceptors (Lipinski definition) is 6. The van der Waals surface area contributed by atoms with Crippen LogP contribution in [-0.4, -0.2) is 75.0 Å². The number of amides is 1. The Balaban J connectivity index is 1.42. The van der Waals surface area contributed by atoms with Crippen molar-refractivity contribution in [1.29, 1.82) is 0 Å². The number of carbonyl (C=O) groups is 1. The van der Waals surface area contributed by atoms with Gasteiger partial charge in [-0.3, -0.25) is 9.69 Å². The Morgan fingerprint density at radius 3 is 2.80 bits per heavy atom. The third-order valence-electron chi connectivity index (χ3n) is 4.62. The van der Waals surface area contributed by atoms with Gasteiger partial charge in [0.25, 0.3) is 5.91 Å². The topological polar surface area (TPSA) is 72.9 Å². The Labute approximate surface area is 148 Å². The van der Waals surface area contributed by atoms with Crippen LogP contribution in [0.1, 0.15) is 23.2 Å². The molecule has 0 unspecified atom stereocenters. The van der Waals surface area contributed by atoms with E-state index >= 15 is 0 Å².